The molecule has 2 heterocycles. The van der Waals surface area contributed by atoms with Gasteiger partial charge < -0.3 is 19.1 Å². The second kappa shape index (κ2) is 7.74. The van der Waals surface area contributed by atoms with Crippen LogP contribution < -0.4 is 10.2 Å². The summed E-state index contributed by atoms with van der Waals surface area (Å²) in [5.41, 5.74) is 1.79. The Morgan fingerprint density at radius 3 is 2.67 bits per heavy atom. The maximum absolute atomic E-state index is 12.3. The molecule has 0 fully saturated rings. The van der Waals surface area contributed by atoms with E-state index in [0.717, 1.165) is 17.5 Å². The summed E-state index contributed by atoms with van der Waals surface area (Å²) in [5.74, 6) is -0.542. The quantitative estimate of drug-likeness (QED) is 0.754. The Kier molecular flexibility index (Phi) is 5.58. The Morgan fingerprint density at radius 2 is 2.04 bits per heavy atom. The molecule has 0 bridgehead atoms. The van der Waals surface area contributed by atoms with Crippen molar-refractivity contribution < 1.29 is 19.4 Å². The van der Waals surface area contributed by atoms with Crippen LogP contribution in [0.3, 0.4) is 0 Å². The average molecular weight is 392 g/mol. The second-order valence-corrected chi connectivity index (χ2v) is 7.03. The lowest BCUT2D eigenvalue weighted by Gasteiger charge is -2.35. The van der Waals surface area contributed by atoms with E-state index in [1.165, 1.54) is 12.3 Å². The molecule has 2 aromatic rings. The van der Waals surface area contributed by atoms with Crippen LogP contribution in [0.2, 0.25) is 5.02 Å². The van der Waals surface area contributed by atoms with Gasteiger partial charge in [-0.3, -0.25) is 4.79 Å². The van der Waals surface area contributed by atoms with Crippen LogP contribution in [-0.2, 0) is 4.74 Å². The van der Waals surface area contributed by atoms with Gasteiger partial charge in [-0.05, 0) is 24.1 Å². The number of carboxylic acid groups (broad SMARTS) is 1. The summed E-state index contributed by atoms with van der Waals surface area (Å²) in [5, 5.41) is 9.75. The normalized spacial score (nSPS) is 17.9. The maximum atomic E-state index is 12.3. The van der Waals surface area contributed by atoms with E-state index < -0.39 is 11.4 Å². The van der Waals surface area contributed by atoms with Gasteiger partial charge in [-0.25, -0.2) is 4.79 Å². The van der Waals surface area contributed by atoms with Crippen molar-refractivity contribution in [3.8, 4) is 17.0 Å². The van der Waals surface area contributed by atoms with Crippen LogP contribution in [0.1, 0.15) is 48.1 Å². The van der Waals surface area contributed by atoms with Gasteiger partial charge in [0.05, 0.1) is 17.3 Å². The van der Waals surface area contributed by atoms with E-state index >= 15 is 0 Å². The number of halogens is 1. The molecule has 1 N–H and O–H groups in total. The highest BCUT2D eigenvalue weighted by atomic mass is 35.5. The third-order valence-corrected chi connectivity index (χ3v) is 5.37. The number of hydrogen-bond acceptors (Lipinski definition) is 4. The second-order valence-electron chi connectivity index (χ2n) is 6.62. The molecule has 1 aromatic heterocycles. The van der Waals surface area contributed by atoms with Gasteiger partial charge in [0.15, 0.2) is 5.43 Å². The van der Waals surface area contributed by atoms with E-state index in [0.29, 0.717) is 29.7 Å². The molecule has 144 valence electrons. The maximum Gasteiger partial charge on any atom is 0.341 e. The molecule has 0 spiro atoms. The average Bonchev–Trinajstić information content (AvgIpc) is 2.63. The number of rotatable bonds is 6. The van der Waals surface area contributed by atoms with Crippen LogP contribution in [0.25, 0.3) is 11.3 Å². The van der Waals surface area contributed by atoms with E-state index in [9.17, 15) is 14.7 Å². The molecule has 1 aliphatic rings. The molecule has 0 saturated carbocycles. The number of nitrogens with zero attached hydrogens (tertiary/aromatic N) is 1. The number of carboxylic acids is 1. The zero-order valence-electron chi connectivity index (χ0n) is 15.5. The predicted molar refractivity (Wildman–Crippen MR) is 103 cm³/mol. The Morgan fingerprint density at radius 1 is 1.30 bits per heavy atom. The highest BCUT2D eigenvalue weighted by Gasteiger charge is 2.31. The summed E-state index contributed by atoms with van der Waals surface area (Å²) in [4.78, 5) is 23.7. The van der Waals surface area contributed by atoms with Crippen LogP contribution >= 0.6 is 11.6 Å². The zero-order valence-corrected chi connectivity index (χ0v) is 16.2. The van der Waals surface area contributed by atoms with E-state index in [-0.39, 0.29) is 17.5 Å². The van der Waals surface area contributed by atoms with Crippen LogP contribution in [-0.4, -0.2) is 36.0 Å². The lowest BCUT2D eigenvalue weighted by molar-refractivity contribution is 0.0694. The molecule has 0 unspecified atom stereocenters. The number of benzene rings is 1. The standard InChI is InChI=1S/C20H22ClNO5/c1-4-16-11(2)12-8-19(27-6-5-26-3)15(21)7-13(12)17-9-18(23)14(20(24)25)10-22(16)17/h7-11,16H,4-6H2,1-3H3,(H,24,25)/t11-,16+/m1/s1. The Bertz CT molecular complexity index is 937. The SMILES string of the molecule is CC[C@H]1[C@H](C)c2cc(OCCOC)c(Cl)cc2-c2cc(=O)c(C(=O)O)cn21. The number of carbonyl (C=O) groups is 1. The minimum absolute atomic E-state index is 0.0270. The van der Waals surface area contributed by atoms with Crippen molar-refractivity contribution in [1.82, 2.24) is 4.57 Å². The Labute approximate surface area is 162 Å². The number of ether oxygens (including phenoxy) is 2. The first-order valence-corrected chi connectivity index (χ1v) is 9.21. The summed E-state index contributed by atoms with van der Waals surface area (Å²) in [6, 6.07) is 5.12. The van der Waals surface area contributed by atoms with Crippen LogP contribution in [0.15, 0.2) is 29.2 Å². The van der Waals surface area contributed by atoms with Gasteiger partial charge in [0.25, 0.3) is 0 Å². The van der Waals surface area contributed by atoms with Crippen molar-refractivity contribution in [3.05, 3.63) is 50.8 Å². The summed E-state index contributed by atoms with van der Waals surface area (Å²) in [6.45, 7) is 4.97. The molecule has 1 aliphatic heterocycles. The third-order valence-electron chi connectivity index (χ3n) is 5.08. The van der Waals surface area contributed by atoms with Crippen molar-refractivity contribution in [1.29, 1.82) is 0 Å². The van der Waals surface area contributed by atoms with E-state index in [1.807, 2.05) is 17.6 Å². The topological polar surface area (TPSA) is 77.8 Å². The van der Waals surface area contributed by atoms with Gasteiger partial charge in [0.1, 0.15) is 17.9 Å². The molecule has 0 saturated heterocycles. The summed E-state index contributed by atoms with van der Waals surface area (Å²) < 4.78 is 12.6. The first-order chi connectivity index (χ1) is 12.9. The largest absolute Gasteiger partial charge is 0.490 e. The van der Waals surface area contributed by atoms with Gasteiger partial charge in [-0.2, -0.15) is 0 Å². The molecule has 0 aliphatic carbocycles. The van der Waals surface area contributed by atoms with Crippen molar-refractivity contribution >= 4 is 17.6 Å². The monoisotopic (exact) mass is 391 g/mol. The lowest BCUT2D eigenvalue weighted by Crippen LogP contribution is -2.27. The van der Waals surface area contributed by atoms with Crippen LogP contribution in [0.5, 0.6) is 5.75 Å². The molecule has 7 heteroatoms. The fourth-order valence-electron chi connectivity index (χ4n) is 3.71. The molecule has 0 amide bonds. The van der Waals surface area contributed by atoms with E-state index in [1.54, 1.807) is 13.2 Å². The van der Waals surface area contributed by atoms with Crippen molar-refractivity contribution in [2.75, 3.05) is 20.3 Å². The number of pyridine rings is 1. The molecular formula is C20H22ClNO5. The van der Waals surface area contributed by atoms with Crippen LogP contribution in [0.4, 0.5) is 0 Å². The molecule has 6 nitrogen and oxygen atoms in total. The van der Waals surface area contributed by atoms with Gasteiger partial charge in [0, 0.05) is 36.9 Å². The molecule has 27 heavy (non-hydrogen) atoms. The Balaban J connectivity index is 2.18. The summed E-state index contributed by atoms with van der Waals surface area (Å²) in [7, 11) is 1.60. The van der Waals surface area contributed by atoms with Gasteiger partial charge in [-0.15, -0.1) is 0 Å². The van der Waals surface area contributed by atoms with Crippen molar-refractivity contribution in [2.45, 2.75) is 32.2 Å². The fourth-order valence-corrected chi connectivity index (χ4v) is 3.93. The molecular weight excluding hydrogens is 370 g/mol. The van der Waals surface area contributed by atoms with Gasteiger partial charge in [-0.1, -0.05) is 25.4 Å². The summed E-state index contributed by atoms with van der Waals surface area (Å²) >= 11 is 6.40. The number of fused-ring (bicyclic) bond motifs is 3. The van der Waals surface area contributed by atoms with Crippen LogP contribution in [0, 0.1) is 0 Å². The highest BCUT2D eigenvalue weighted by molar-refractivity contribution is 6.32. The van der Waals surface area contributed by atoms with E-state index in [2.05, 4.69) is 6.92 Å². The number of aromatic nitrogens is 1. The number of aromatic carboxylic acids is 1. The van der Waals surface area contributed by atoms with Crippen molar-refractivity contribution in [3.63, 3.8) is 0 Å². The smallest absolute Gasteiger partial charge is 0.341 e. The predicted octanol–water partition coefficient (Wildman–Crippen LogP) is 3.96. The third kappa shape index (κ3) is 3.47. The number of methoxy groups -OCH3 is 1. The molecule has 3 rings (SSSR count). The zero-order chi connectivity index (χ0) is 19.7. The Hall–Kier alpha value is -2.31. The number of hydrogen-bond donors (Lipinski definition) is 1. The van der Waals surface area contributed by atoms with E-state index in [4.69, 9.17) is 21.1 Å². The molecule has 2 atom stereocenters. The van der Waals surface area contributed by atoms with Gasteiger partial charge in [0.2, 0.25) is 0 Å². The molecule has 0 radical (unpaired) electrons. The van der Waals surface area contributed by atoms with Crippen molar-refractivity contribution in [2.24, 2.45) is 0 Å². The first kappa shape index (κ1) is 19.5. The first-order valence-electron chi connectivity index (χ1n) is 8.84. The summed E-state index contributed by atoms with van der Waals surface area (Å²) in [6.07, 6.45) is 2.24. The molecule has 1 aromatic carbocycles. The lowest BCUT2D eigenvalue weighted by atomic mass is 9.83. The fraction of sp³-hybridized carbons (Fsp3) is 0.400. The minimum Gasteiger partial charge on any atom is -0.490 e. The van der Waals surface area contributed by atoms with Gasteiger partial charge >= 0.3 is 5.97 Å². The minimum atomic E-state index is -1.22. The highest BCUT2D eigenvalue weighted by Crippen LogP contribution is 2.46.